The second kappa shape index (κ2) is 4.69. The van der Waals surface area contributed by atoms with Gasteiger partial charge in [0.15, 0.2) is 5.82 Å². The summed E-state index contributed by atoms with van der Waals surface area (Å²) in [5.74, 6) is -1.42. The van der Waals surface area contributed by atoms with E-state index in [0.29, 0.717) is 5.69 Å². The molecule has 0 aliphatic heterocycles. The average Bonchev–Trinajstić information content (AvgIpc) is 2.39. The number of hydrogen-bond donors (Lipinski definition) is 0. The normalized spacial score (nSPS) is 10.0. The summed E-state index contributed by atoms with van der Waals surface area (Å²) in [7, 11) is 1.20. The van der Waals surface area contributed by atoms with Gasteiger partial charge in [-0.25, -0.2) is 9.18 Å². The van der Waals surface area contributed by atoms with E-state index in [4.69, 9.17) is 0 Å². The highest BCUT2D eigenvalue weighted by atomic mass is 19.1. The summed E-state index contributed by atoms with van der Waals surface area (Å²) >= 11 is 0. The monoisotopic (exact) mass is 232 g/mol. The van der Waals surface area contributed by atoms with Crippen LogP contribution in [0.25, 0.3) is 11.3 Å². The van der Waals surface area contributed by atoms with Crippen molar-refractivity contribution in [3.05, 3.63) is 48.2 Å². The van der Waals surface area contributed by atoms with E-state index in [0.717, 1.165) is 11.8 Å². The lowest BCUT2D eigenvalue weighted by Gasteiger charge is -2.04. The van der Waals surface area contributed by atoms with Crippen LogP contribution in [0.1, 0.15) is 10.4 Å². The van der Waals surface area contributed by atoms with E-state index in [1.165, 1.54) is 13.2 Å². The Labute approximate surface area is 97.1 Å². The molecule has 2 rings (SSSR count). The summed E-state index contributed by atoms with van der Waals surface area (Å²) in [4.78, 5) is 19.1. The van der Waals surface area contributed by atoms with E-state index in [1.54, 1.807) is 24.5 Å². The molecule has 0 N–H and O–H groups in total. The van der Waals surface area contributed by atoms with Crippen molar-refractivity contribution < 1.29 is 13.9 Å². The van der Waals surface area contributed by atoms with Crippen LogP contribution >= 0.6 is 0 Å². The molecule has 0 fully saturated rings. The van der Waals surface area contributed by atoms with Crippen LogP contribution in [0.15, 0.2) is 36.8 Å². The van der Waals surface area contributed by atoms with Gasteiger partial charge in [0, 0.05) is 18.0 Å². The second-order valence-corrected chi connectivity index (χ2v) is 3.28. The van der Waals surface area contributed by atoms with Crippen LogP contribution in [0, 0.1) is 5.82 Å². The Hall–Kier alpha value is -2.30. The maximum atomic E-state index is 13.3. The number of halogens is 1. The van der Waals surface area contributed by atoms with Crippen LogP contribution < -0.4 is 0 Å². The predicted molar refractivity (Wildman–Crippen MR) is 58.8 cm³/mol. The zero-order valence-electron chi connectivity index (χ0n) is 9.05. The maximum Gasteiger partial charge on any atom is 0.340 e. The van der Waals surface area contributed by atoms with Crippen LogP contribution in [0.4, 0.5) is 4.39 Å². The van der Waals surface area contributed by atoms with Crippen molar-refractivity contribution in [2.24, 2.45) is 0 Å². The summed E-state index contributed by atoms with van der Waals surface area (Å²) in [6.07, 6.45) is 4.19. The van der Waals surface area contributed by atoms with E-state index >= 15 is 0 Å². The van der Waals surface area contributed by atoms with Gasteiger partial charge in [-0.2, -0.15) is 0 Å². The summed E-state index contributed by atoms with van der Waals surface area (Å²) < 4.78 is 17.8. The summed E-state index contributed by atoms with van der Waals surface area (Å²) in [6.45, 7) is 0. The lowest BCUT2D eigenvalue weighted by molar-refractivity contribution is 0.0595. The molecule has 2 aromatic rings. The van der Waals surface area contributed by atoms with Gasteiger partial charge in [-0.05, 0) is 18.2 Å². The van der Waals surface area contributed by atoms with Crippen molar-refractivity contribution in [3.63, 3.8) is 0 Å². The number of esters is 1. The van der Waals surface area contributed by atoms with Gasteiger partial charge in [0.2, 0.25) is 0 Å². The molecule has 0 unspecified atom stereocenters. The van der Waals surface area contributed by atoms with Gasteiger partial charge < -0.3 is 4.74 Å². The molecule has 0 amide bonds. The topological polar surface area (TPSA) is 52.1 Å². The lowest BCUT2D eigenvalue weighted by Crippen LogP contribution is -2.05. The third-order valence-corrected chi connectivity index (χ3v) is 2.24. The fraction of sp³-hybridized carbons (Fsp3) is 0.0833. The van der Waals surface area contributed by atoms with Gasteiger partial charge in [0.1, 0.15) is 0 Å². The molecule has 4 nitrogen and oxygen atoms in total. The van der Waals surface area contributed by atoms with Gasteiger partial charge >= 0.3 is 5.97 Å². The third-order valence-electron chi connectivity index (χ3n) is 2.24. The number of hydrogen-bond acceptors (Lipinski definition) is 4. The Bertz CT molecular complexity index is 543. The smallest absolute Gasteiger partial charge is 0.340 e. The molecule has 0 saturated heterocycles. The highest BCUT2D eigenvalue weighted by Gasteiger charge is 2.14. The van der Waals surface area contributed by atoms with Gasteiger partial charge in [-0.1, -0.05) is 0 Å². The number of ether oxygens (including phenoxy) is 1. The first-order chi connectivity index (χ1) is 8.22. The molecule has 0 saturated carbocycles. The minimum absolute atomic E-state index is 0.130. The number of methoxy groups -OCH3 is 1. The fourth-order valence-corrected chi connectivity index (χ4v) is 1.39. The number of nitrogens with zero attached hydrogens (tertiary/aromatic N) is 2. The quantitative estimate of drug-likeness (QED) is 0.744. The molecule has 0 atom stereocenters. The first kappa shape index (κ1) is 11.2. The van der Waals surface area contributed by atoms with Crippen molar-refractivity contribution in [3.8, 4) is 11.3 Å². The summed E-state index contributed by atoms with van der Waals surface area (Å²) in [5, 5.41) is 0. The van der Waals surface area contributed by atoms with Crippen molar-refractivity contribution in [1.29, 1.82) is 0 Å². The van der Waals surface area contributed by atoms with Gasteiger partial charge in [-0.3, -0.25) is 9.97 Å². The SMILES string of the molecule is COC(=O)c1cc(-c2ccncc2)ncc1F. The van der Waals surface area contributed by atoms with Crippen LogP contribution in [-0.4, -0.2) is 23.0 Å². The number of carbonyl (C=O) groups excluding carboxylic acids is 1. The molecular formula is C12H9FN2O2. The van der Waals surface area contributed by atoms with Crippen LogP contribution in [0.3, 0.4) is 0 Å². The molecule has 0 radical (unpaired) electrons. The Kier molecular flexibility index (Phi) is 3.09. The number of pyridine rings is 2. The molecule has 0 bridgehead atoms. The lowest BCUT2D eigenvalue weighted by atomic mass is 10.1. The van der Waals surface area contributed by atoms with Gasteiger partial charge in [-0.15, -0.1) is 0 Å². The van der Waals surface area contributed by atoms with Crippen molar-refractivity contribution in [1.82, 2.24) is 9.97 Å². The van der Waals surface area contributed by atoms with Crippen molar-refractivity contribution in [2.75, 3.05) is 7.11 Å². The van der Waals surface area contributed by atoms with E-state index in [1.807, 2.05) is 0 Å². The van der Waals surface area contributed by atoms with Gasteiger partial charge in [0.05, 0.1) is 24.6 Å². The van der Waals surface area contributed by atoms with Crippen molar-refractivity contribution >= 4 is 5.97 Å². The maximum absolute atomic E-state index is 13.3. The van der Waals surface area contributed by atoms with E-state index < -0.39 is 11.8 Å². The van der Waals surface area contributed by atoms with Crippen LogP contribution in [-0.2, 0) is 4.74 Å². The average molecular weight is 232 g/mol. The van der Waals surface area contributed by atoms with Crippen molar-refractivity contribution in [2.45, 2.75) is 0 Å². The minimum atomic E-state index is -0.722. The first-order valence-electron chi connectivity index (χ1n) is 4.86. The molecular weight excluding hydrogens is 223 g/mol. The van der Waals surface area contributed by atoms with E-state index in [2.05, 4.69) is 14.7 Å². The molecule has 17 heavy (non-hydrogen) atoms. The third kappa shape index (κ3) is 2.28. The second-order valence-electron chi connectivity index (χ2n) is 3.28. The molecule has 0 aromatic carbocycles. The number of carbonyl (C=O) groups is 1. The minimum Gasteiger partial charge on any atom is -0.465 e. The Balaban J connectivity index is 2.48. The van der Waals surface area contributed by atoms with E-state index in [-0.39, 0.29) is 5.56 Å². The highest BCUT2D eigenvalue weighted by Crippen LogP contribution is 2.18. The Morgan fingerprint density at radius 1 is 1.35 bits per heavy atom. The predicted octanol–water partition coefficient (Wildman–Crippen LogP) is 2.07. The molecule has 86 valence electrons. The Morgan fingerprint density at radius 2 is 2.06 bits per heavy atom. The van der Waals surface area contributed by atoms with E-state index in [9.17, 15) is 9.18 Å². The largest absolute Gasteiger partial charge is 0.465 e. The summed E-state index contributed by atoms with van der Waals surface area (Å²) in [5.41, 5.74) is 1.12. The number of rotatable bonds is 2. The Morgan fingerprint density at radius 3 is 2.71 bits per heavy atom. The van der Waals surface area contributed by atoms with Crippen LogP contribution in [0.2, 0.25) is 0 Å². The van der Waals surface area contributed by atoms with Gasteiger partial charge in [0.25, 0.3) is 0 Å². The zero-order chi connectivity index (χ0) is 12.3. The zero-order valence-corrected chi connectivity index (χ0v) is 9.05. The first-order valence-corrected chi connectivity index (χ1v) is 4.86. The molecule has 0 aliphatic carbocycles. The molecule has 0 aliphatic rings. The van der Waals surface area contributed by atoms with Crippen LogP contribution in [0.5, 0.6) is 0 Å². The fourth-order valence-electron chi connectivity index (χ4n) is 1.39. The molecule has 5 heteroatoms. The standard InChI is InChI=1S/C12H9FN2O2/c1-17-12(16)9-6-11(15-7-10(9)13)8-2-4-14-5-3-8/h2-7H,1H3. The molecule has 0 spiro atoms. The number of aromatic nitrogens is 2. The molecule has 2 heterocycles. The molecule has 2 aromatic heterocycles. The summed E-state index contributed by atoms with van der Waals surface area (Å²) in [6, 6.07) is 4.80. The highest BCUT2D eigenvalue weighted by molar-refractivity contribution is 5.90.